The van der Waals surface area contributed by atoms with E-state index in [0.717, 1.165) is 15.6 Å². The van der Waals surface area contributed by atoms with Crippen molar-refractivity contribution in [2.75, 3.05) is 5.75 Å². The van der Waals surface area contributed by atoms with E-state index < -0.39 is 0 Å². The van der Waals surface area contributed by atoms with Crippen molar-refractivity contribution >= 4 is 39.0 Å². The topological polar surface area (TPSA) is 47.3 Å². The smallest absolute Gasteiger partial charge is 0.267 e. The molecule has 0 spiro atoms. The normalized spacial score (nSPS) is 11.1. The van der Waals surface area contributed by atoms with Gasteiger partial charge in [-0.15, -0.1) is 5.10 Å². The minimum atomic E-state index is -0.101. The molecule has 1 aromatic carbocycles. The summed E-state index contributed by atoms with van der Waals surface area (Å²) < 4.78 is 2.26. The Bertz CT molecular complexity index is 860. The number of allylic oxidation sites excluding steroid dienone is 1. The molecule has 0 aliphatic heterocycles. The predicted molar refractivity (Wildman–Crippen MR) is 84.8 cm³/mol. The highest BCUT2D eigenvalue weighted by Gasteiger charge is 2.10. The lowest BCUT2D eigenvalue weighted by Gasteiger charge is -1.95. The van der Waals surface area contributed by atoms with Crippen molar-refractivity contribution in [2.24, 2.45) is 0 Å². The summed E-state index contributed by atoms with van der Waals surface area (Å²) in [4.78, 5) is 17.5. The zero-order valence-electron chi connectivity index (χ0n) is 11.2. The summed E-state index contributed by atoms with van der Waals surface area (Å²) in [5.41, 5.74) is 1.90. The molecule has 0 saturated heterocycles. The molecule has 102 valence electrons. The van der Waals surface area contributed by atoms with Crippen LogP contribution in [0.4, 0.5) is 0 Å². The highest BCUT2D eigenvalue weighted by Crippen LogP contribution is 2.24. The minimum absolute atomic E-state index is 0.101. The zero-order valence-corrected chi connectivity index (χ0v) is 12.8. The second kappa shape index (κ2) is 5.38. The van der Waals surface area contributed by atoms with Crippen LogP contribution >= 0.6 is 23.1 Å². The van der Waals surface area contributed by atoms with Gasteiger partial charge in [0.05, 0.1) is 10.9 Å². The Labute approximate surface area is 124 Å². The third-order valence-corrected chi connectivity index (χ3v) is 4.75. The lowest BCUT2D eigenvalue weighted by molar-refractivity contribution is 0.870. The SMILES string of the molecule is CC(C)=CCSc1nn2c(=O)c3ccccc3nc2s1. The molecule has 0 radical (unpaired) electrons. The standard InChI is InChI=1S/C14H13N3OS2/c1-9(2)7-8-19-14-16-17-12(18)10-5-3-4-6-11(10)15-13(17)20-14/h3-7H,8H2,1-2H3. The summed E-state index contributed by atoms with van der Waals surface area (Å²) in [5, 5.41) is 4.96. The highest BCUT2D eigenvalue weighted by molar-refractivity contribution is 8.01. The Morgan fingerprint density at radius 2 is 2.20 bits per heavy atom. The van der Waals surface area contributed by atoms with Crippen molar-refractivity contribution in [2.45, 2.75) is 18.2 Å². The predicted octanol–water partition coefficient (Wildman–Crippen LogP) is 3.36. The van der Waals surface area contributed by atoms with Gasteiger partial charge in [0, 0.05) is 5.75 Å². The van der Waals surface area contributed by atoms with Crippen LogP contribution in [0.3, 0.4) is 0 Å². The molecule has 0 atom stereocenters. The average Bonchev–Trinajstić information content (AvgIpc) is 2.82. The van der Waals surface area contributed by atoms with Crippen LogP contribution in [0.15, 0.2) is 45.0 Å². The second-order valence-electron chi connectivity index (χ2n) is 4.59. The molecule has 20 heavy (non-hydrogen) atoms. The Kier molecular flexibility index (Phi) is 3.58. The average molecular weight is 303 g/mol. The van der Waals surface area contributed by atoms with Gasteiger partial charge in [-0.05, 0) is 26.0 Å². The zero-order chi connectivity index (χ0) is 14.1. The van der Waals surface area contributed by atoms with Gasteiger partial charge in [0.15, 0.2) is 4.34 Å². The number of rotatable bonds is 3. The summed E-state index contributed by atoms with van der Waals surface area (Å²) in [6.07, 6.45) is 2.14. The molecular formula is C14H13N3OS2. The molecule has 3 aromatic rings. The number of fused-ring (bicyclic) bond motifs is 2. The van der Waals surface area contributed by atoms with E-state index in [1.54, 1.807) is 17.8 Å². The van der Waals surface area contributed by atoms with E-state index >= 15 is 0 Å². The van der Waals surface area contributed by atoms with Crippen LogP contribution < -0.4 is 5.56 Å². The van der Waals surface area contributed by atoms with Gasteiger partial charge >= 0.3 is 0 Å². The van der Waals surface area contributed by atoms with Gasteiger partial charge in [-0.1, -0.05) is 46.9 Å². The van der Waals surface area contributed by atoms with E-state index in [-0.39, 0.29) is 5.56 Å². The van der Waals surface area contributed by atoms with Gasteiger partial charge in [0.2, 0.25) is 4.96 Å². The third-order valence-electron chi connectivity index (χ3n) is 2.78. The van der Waals surface area contributed by atoms with Crippen LogP contribution in [0.5, 0.6) is 0 Å². The first-order valence-corrected chi connectivity index (χ1v) is 8.00. The molecular weight excluding hydrogens is 290 g/mol. The van der Waals surface area contributed by atoms with Crippen LogP contribution in [-0.2, 0) is 0 Å². The second-order valence-corrected chi connectivity index (χ2v) is 6.81. The number of nitrogens with zero attached hydrogens (tertiary/aromatic N) is 3. The summed E-state index contributed by atoms with van der Waals surface area (Å²) >= 11 is 3.07. The van der Waals surface area contributed by atoms with Gasteiger partial charge < -0.3 is 0 Å². The van der Waals surface area contributed by atoms with Crippen LogP contribution in [0.25, 0.3) is 15.9 Å². The summed E-state index contributed by atoms with van der Waals surface area (Å²) in [6.45, 7) is 4.13. The van der Waals surface area contributed by atoms with Gasteiger partial charge in [-0.25, -0.2) is 4.98 Å². The molecule has 4 nitrogen and oxygen atoms in total. The fourth-order valence-electron chi connectivity index (χ4n) is 1.78. The van der Waals surface area contributed by atoms with Gasteiger partial charge in [0.25, 0.3) is 5.56 Å². The number of para-hydroxylation sites is 1. The Hall–Kier alpha value is -1.66. The lowest BCUT2D eigenvalue weighted by Crippen LogP contribution is -2.14. The number of thioether (sulfide) groups is 1. The molecule has 0 aliphatic rings. The molecule has 0 saturated carbocycles. The maximum Gasteiger partial charge on any atom is 0.283 e. The van der Waals surface area contributed by atoms with Crippen LogP contribution in [0.1, 0.15) is 13.8 Å². The van der Waals surface area contributed by atoms with Crippen LogP contribution in [0, 0.1) is 0 Å². The fraction of sp³-hybridized carbons (Fsp3) is 0.214. The van der Waals surface area contributed by atoms with E-state index in [1.165, 1.54) is 21.4 Å². The monoisotopic (exact) mass is 303 g/mol. The van der Waals surface area contributed by atoms with Crippen molar-refractivity contribution in [1.29, 1.82) is 0 Å². The van der Waals surface area contributed by atoms with E-state index in [1.807, 2.05) is 18.2 Å². The Morgan fingerprint density at radius 3 is 3.00 bits per heavy atom. The molecule has 0 aliphatic carbocycles. The first-order valence-electron chi connectivity index (χ1n) is 6.20. The maximum atomic E-state index is 12.3. The lowest BCUT2D eigenvalue weighted by atomic mass is 10.2. The molecule has 0 amide bonds. The molecule has 2 aromatic heterocycles. The largest absolute Gasteiger partial charge is 0.283 e. The maximum absolute atomic E-state index is 12.3. The summed E-state index contributed by atoms with van der Waals surface area (Å²) in [5.74, 6) is 0.858. The molecule has 0 N–H and O–H groups in total. The third kappa shape index (κ3) is 2.48. The van der Waals surface area contributed by atoms with Crippen LogP contribution in [0.2, 0.25) is 0 Å². The summed E-state index contributed by atoms with van der Waals surface area (Å²) in [6, 6.07) is 7.37. The first kappa shape index (κ1) is 13.3. The fourth-order valence-corrected chi connectivity index (χ4v) is 3.77. The number of aromatic nitrogens is 3. The molecule has 6 heteroatoms. The molecule has 0 unspecified atom stereocenters. The molecule has 0 fully saturated rings. The van der Waals surface area contributed by atoms with Crippen molar-refractivity contribution in [3.8, 4) is 0 Å². The van der Waals surface area contributed by atoms with Crippen molar-refractivity contribution in [1.82, 2.24) is 14.6 Å². The van der Waals surface area contributed by atoms with E-state index in [9.17, 15) is 4.79 Å². The van der Waals surface area contributed by atoms with Crippen molar-refractivity contribution in [3.63, 3.8) is 0 Å². The highest BCUT2D eigenvalue weighted by atomic mass is 32.2. The van der Waals surface area contributed by atoms with Crippen molar-refractivity contribution in [3.05, 3.63) is 46.3 Å². The first-order chi connectivity index (χ1) is 9.65. The molecule has 3 rings (SSSR count). The molecule has 0 bridgehead atoms. The van der Waals surface area contributed by atoms with E-state index in [4.69, 9.17) is 0 Å². The van der Waals surface area contributed by atoms with Gasteiger partial charge in [0.1, 0.15) is 0 Å². The van der Waals surface area contributed by atoms with Crippen molar-refractivity contribution < 1.29 is 0 Å². The number of benzene rings is 1. The van der Waals surface area contributed by atoms with Gasteiger partial charge in [-0.2, -0.15) is 4.52 Å². The van der Waals surface area contributed by atoms with E-state index in [2.05, 4.69) is 30.0 Å². The molecule has 2 heterocycles. The number of hydrogen-bond donors (Lipinski definition) is 0. The minimum Gasteiger partial charge on any atom is -0.267 e. The van der Waals surface area contributed by atoms with Gasteiger partial charge in [-0.3, -0.25) is 4.79 Å². The summed E-state index contributed by atoms with van der Waals surface area (Å²) in [7, 11) is 0. The van der Waals surface area contributed by atoms with Crippen LogP contribution in [-0.4, -0.2) is 20.4 Å². The number of hydrogen-bond acceptors (Lipinski definition) is 5. The Balaban J connectivity index is 2.07. The Morgan fingerprint density at radius 1 is 1.40 bits per heavy atom. The quantitative estimate of drug-likeness (QED) is 0.550. The van der Waals surface area contributed by atoms with E-state index in [0.29, 0.717) is 10.3 Å².